The zero-order chi connectivity index (χ0) is 17.5. The lowest BCUT2D eigenvalue weighted by molar-refractivity contribution is -0.142. The van der Waals surface area contributed by atoms with Crippen molar-refractivity contribution in [2.24, 2.45) is 5.92 Å². The van der Waals surface area contributed by atoms with Gasteiger partial charge in [-0.1, -0.05) is 61.5 Å². The van der Waals surface area contributed by atoms with E-state index in [-0.39, 0.29) is 12.3 Å². The molecule has 0 heterocycles. The molecule has 0 aliphatic heterocycles. The van der Waals surface area contributed by atoms with Gasteiger partial charge in [-0.3, -0.25) is 9.59 Å². The Bertz CT molecular complexity index is 697. The predicted molar refractivity (Wildman–Crippen MR) is 93.6 cm³/mol. The second-order valence-corrected chi connectivity index (χ2v) is 5.93. The van der Waals surface area contributed by atoms with Crippen LogP contribution in [0.2, 0.25) is 0 Å². The van der Waals surface area contributed by atoms with Gasteiger partial charge in [0, 0.05) is 0 Å². The smallest absolute Gasteiger partial charge is 0.308 e. The van der Waals surface area contributed by atoms with E-state index < -0.39 is 17.9 Å². The molecule has 0 spiro atoms. The molecule has 2 aromatic carbocycles. The molecular formula is C20H23NO3. The summed E-state index contributed by atoms with van der Waals surface area (Å²) in [6, 6.07) is 16.6. The maximum atomic E-state index is 12.4. The van der Waals surface area contributed by atoms with Crippen molar-refractivity contribution < 1.29 is 14.7 Å². The summed E-state index contributed by atoms with van der Waals surface area (Å²) in [7, 11) is 0. The fraction of sp³-hybridized carbons (Fsp3) is 0.300. The van der Waals surface area contributed by atoms with Crippen molar-refractivity contribution in [1.29, 1.82) is 0 Å². The normalized spacial score (nSPS) is 13.1. The molecule has 2 atom stereocenters. The first-order valence-corrected chi connectivity index (χ1v) is 8.16. The van der Waals surface area contributed by atoms with E-state index in [0.29, 0.717) is 0 Å². The van der Waals surface area contributed by atoms with Gasteiger partial charge >= 0.3 is 5.97 Å². The van der Waals surface area contributed by atoms with E-state index in [0.717, 1.165) is 17.5 Å². The molecule has 126 valence electrons. The van der Waals surface area contributed by atoms with Crippen molar-refractivity contribution in [1.82, 2.24) is 5.32 Å². The number of carbonyl (C=O) groups excluding carboxylic acids is 1. The Balaban J connectivity index is 2.13. The maximum absolute atomic E-state index is 12.4. The van der Waals surface area contributed by atoms with E-state index in [4.69, 9.17) is 0 Å². The lowest BCUT2D eigenvalue weighted by atomic mass is 9.94. The fourth-order valence-electron chi connectivity index (χ4n) is 2.67. The lowest BCUT2D eigenvalue weighted by Crippen LogP contribution is -2.36. The average Bonchev–Trinajstić information content (AvgIpc) is 2.60. The van der Waals surface area contributed by atoms with Gasteiger partial charge < -0.3 is 10.4 Å². The highest BCUT2D eigenvalue weighted by Crippen LogP contribution is 2.22. The number of nitrogens with one attached hydrogen (secondary N) is 1. The molecule has 0 saturated heterocycles. The van der Waals surface area contributed by atoms with Crippen molar-refractivity contribution in [3.8, 4) is 0 Å². The number of benzene rings is 2. The number of aryl methyl sites for hydroxylation is 1. The average molecular weight is 325 g/mol. The highest BCUT2D eigenvalue weighted by Gasteiger charge is 2.26. The molecule has 0 aromatic heterocycles. The Hall–Kier alpha value is -2.62. The second kappa shape index (κ2) is 8.29. The standard InChI is InChI=1S/C20H23NO3/c1-3-15-8-7-9-16(12-15)13-18(22)21-19(14(2)20(23)24)17-10-5-4-6-11-17/h4-12,14,19H,3,13H2,1-2H3,(H,21,22)(H,23,24). The Labute approximate surface area is 142 Å². The molecule has 2 unspecified atom stereocenters. The van der Waals surface area contributed by atoms with Crippen LogP contribution in [0.4, 0.5) is 0 Å². The summed E-state index contributed by atoms with van der Waals surface area (Å²) < 4.78 is 0. The molecule has 4 nitrogen and oxygen atoms in total. The monoisotopic (exact) mass is 325 g/mol. The summed E-state index contributed by atoms with van der Waals surface area (Å²) in [6.07, 6.45) is 1.15. The van der Waals surface area contributed by atoms with Crippen LogP contribution in [0.3, 0.4) is 0 Å². The molecule has 0 radical (unpaired) electrons. The van der Waals surface area contributed by atoms with Crippen LogP contribution in [0.5, 0.6) is 0 Å². The maximum Gasteiger partial charge on any atom is 0.308 e. The topological polar surface area (TPSA) is 66.4 Å². The van der Waals surface area contributed by atoms with Crippen molar-refractivity contribution >= 4 is 11.9 Å². The highest BCUT2D eigenvalue weighted by molar-refractivity contribution is 5.80. The SMILES string of the molecule is CCc1cccc(CC(=O)NC(c2ccccc2)C(C)C(=O)O)c1. The van der Waals surface area contributed by atoms with Crippen LogP contribution < -0.4 is 5.32 Å². The van der Waals surface area contributed by atoms with Crippen molar-refractivity contribution in [2.75, 3.05) is 0 Å². The lowest BCUT2D eigenvalue weighted by Gasteiger charge is -2.23. The van der Waals surface area contributed by atoms with Crippen LogP contribution in [-0.4, -0.2) is 17.0 Å². The first-order chi connectivity index (χ1) is 11.5. The number of rotatable bonds is 7. The van der Waals surface area contributed by atoms with E-state index in [1.54, 1.807) is 6.92 Å². The van der Waals surface area contributed by atoms with Crippen molar-refractivity contribution in [3.63, 3.8) is 0 Å². The molecule has 2 rings (SSSR count). The molecule has 4 heteroatoms. The van der Waals surface area contributed by atoms with Gasteiger partial charge in [0.25, 0.3) is 0 Å². The number of carboxylic acids is 1. The molecule has 2 aromatic rings. The molecular weight excluding hydrogens is 302 g/mol. The van der Waals surface area contributed by atoms with Crippen molar-refractivity contribution in [2.45, 2.75) is 32.7 Å². The van der Waals surface area contributed by atoms with Crippen LogP contribution in [0.25, 0.3) is 0 Å². The first-order valence-electron chi connectivity index (χ1n) is 8.16. The predicted octanol–water partition coefficient (Wildman–Crippen LogP) is 3.37. The van der Waals surface area contributed by atoms with Gasteiger partial charge in [-0.15, -0.1) is 0 Å². The minimum Gasteiger partial charge on any atom is -0.481 e. The summed E-state index contributed by atoms with van der Waals surface area (Å²) in [6.45, 7) is 3.68. The van der Waals surface area contributed by atoms with Crippen LogP contribution in [0.15, 0.2) is 54.6 Å². The minimum absolute atomic E-state index is 0.176. The summed E-state index contributed by atoms with van der Waals surface area (Å²) >= 11 is 0. The molecule has 0 fully saturated rings. The number of carboxylic acid groups (broad SMARTS) is 1. The molecule has 0 saturated carbocycles. The molecule has 0 aliphatic rings. The summed E-state index contributed by atoms with van der Waals surface area (Å²) in [5, 5.41) is 12.2. The molecule has 0 aliphatic carbocycles. The molecule has 24 heavy (non-hydrogen) atoms. The van der Waals surface area contributed by atoms with Crippen LogP contribution >= 0.6 is 0 Å². The zero-order valence-electron chi connectivity index (χ0n) is 14.0. The molecule has 0 bridgehead atoms. The summed E-state index contributed by atoms with van der Waals surface area (Å²) in [5.74, 6) is -1.82. The summed E-state index contributed by atoms with van der Waals surface area (Å²) in [4.78, 5) is 23.8. The van der Waals surface area contributed by atoms with Gasteiger partial charge in [-0.25, -0.2) is 0 Å². The number of carbonyl (C=O) groups is 2. The Morgan fingerprint density at radius 3 is 2.33 bits per heavy atom. The van der Waals surface area contributed by atoms with Crippen LogP contribution in [0, 0.1) is 5.92 Å². The van der Waals surface area contributed by atoms with Gasteiger partial charge in [-0.05, 0) is 30.0 Å². The largest absolute Gasteiger partial charge is 0.481 e. The van der Waals surface area contributed by atoms with Crippen LogP contribution in [-0.2, 0) is 22.4 Å². The van der Waals surface area contributed by atoms with E-state index in [9.17, 15) is 14.7 Å². The van der Waals surface area contributed by atoms with Gasteiger partial charge in [0.1, 0.15) is 0 Å². The first kappa shape index (κ1) is 17.7. The quantitative estimate of drug-likeness (QED) is 0.820. The third-order valence-corrected chi connectivity index (χ3v) is 4.13. The molecule has 2 N–H and O–H groups in total. The number of hydrogen-bond acceptors (Lipinski definition) is 2. The van der Waals surface area contributed by atoms with E-state index in [1.807, 2.05) is 54.6 Å². The van der Waals surface area contributed by atoms with Gasteiger partial charge in [0.2, 0.25) is 5.91 Å². The second-order valence-electron chi connectivity index (χ2n) is 5.93. The number of amides is 1. The van der Waals surface area contributed by atoms with Crippen molar-refractivity contribution in [3.05, 3.63) is 71.3 Å². The Kier molecular flexibility index (Phi) is 6.13. The van der Waals surface area contributed by atoms with Gasteiger partial charge in [0.05, 0.1) is 18.4 Å². The fourth-order valence-corrected chi connectivity index (χ4v) is 2.67. The number of aliphatic carboxylic acids is 1. The summed E-state index contributed by atoms with van der Waals surface area (Å²) in [5.41, 5.74) is 2.91. The van der Waals surface area contributed by atoms with E-state index in [1.165, 1.54) is 5.56 Å². The minimum atomic E-state index is -0.933. The zero-order valence-corrected chi connectivity index (χ0v) is 14.0. The highest BCUT2D eigenvalue weighted by atomic mass is 16.4. The van der Waals surface area contributed by atoms with E-state index in [2.05, 4.69) is 12.2 Å². The van der Waals surface area contributed by atoms with Crippen LogP contribution in [0.1, 0.15) is 36.6 Å². The Morgan fingerprint density at radius 1 is 1.04 bits per heavy atom. The van der Waals surface area contributed by atoms with Gasteiger partial charge in [0.15, 0.2) is 0 Å². The third kappa shape index (κ3) is 4.69. The van der Waals surface area contributed by atoms with E-state index >= 15 is 0 Å². The molecule has 1 amide bonds. The number of hydrogen-bond donors (Lipinski definition) is 2. The van der Waals surface area contributed by atoms with Gasteiger partial charge in [-0.2, -0.15) is 0 Å². The third-order valence-electron chi connectivity index (χ3n) is 4.13. The Morgan fingerprint density at radius 2 is 1.71 bits per heavy atom.